The van der Waals surface area contributed by atoms with E-state index in [1.807, 2.05) is 12.1 Å². The van der Waals surface area contributed by atoms with Crippen LogP contribution in [0.5, 0.6) is 0 Å². The first-order valence-corrected chi connectivity index (χ1v) is 4.75. The number of pyridine rings is 1. The molecule has 1 aromatic carbocycles. The number of fused-ring (bicyclic) bond motifs is 1. The second-order valence-corrected chi connectivity index (χ2v) is 3.73. The Bertz CT molecular complexity index is 435. The van der Waals surface area contributed by atoms with E-state index < -0.39 is 0 Å². The first-order valence-electron chi connectivity index (χ1n) is 4.75. The number of nitrogens with zero attached hydrogens (tertiary/aromatic N) is 2. The van der Waals surface area contributed by atoms with Crippen LogP contribution in [0.4, 0.5) is 0 Å². The topological polar surface area (TPSA) is 16.1 Å². The summed E-state index contributed by atoms with van der Waals surface area (Å²) >= 11 is 0. The van der Waals surface area contributed by atoms with Gasteiger partial charge in [-0.2, -0.15) is 0 Å². The number of hydrogen-bond donors (Lipinski definition) is 0. The molecule has 2 aromatic rings. The summed E-state index contributed by atoms with van der Waals surface area (Å²) in [6.07, 6.45) is 0. The van der Waals surface area contributed by atoms with Gasteiger partial charge in [0.05, 0.1) is 11.2 Å². The Hall–Kier alpha value is -1.41. The van der Waals surface area contributed by atoms with Crippen molar-refractivity contribution in [2.45, 2.75) is 6.54 Å². The normalized spacial score (nSPS) is 11.1. The van der Waals surface area contributed by atoms with Crippen molar-refractivity contribution in [1.82, 2.24) is 9.88 Å². The summed E-state index contributed by atoms with van der Waals surface area (Å²) in [5.41, 5.74) is 2.19. The summed E-state index contributed by atoms with van der Waals surface area (Å²) in [7, 11) is 4.10. The van der Waals surface area contributed by atoms with Gasteiger partial charge in [-0.05, 0) is 26.2 Å². The molecule has 2 rings (SSSR count). The molecule has 1 heterocycles. The third-order valence-corrected chi connectivity index (χ3v) is 2.13. The smallest absolute Gasteiger partial charge is 0.0705 e. The fourth-order valence-corrected chi connectivity index (χ4v) is 1.52. The molecule has 0 unspecified atom stereocenters. The molecule has 0 fully saturated rings. The lowest BCUT2D eigenvalue weighted by Gasteiger charge is -2.09. The fourth-order valence-electron chi connectivity index (χ4n) is 1.52. The van der Waals surface area contributed by atoms with Gasteiger partial charge < -0.3 is 4.90 Å². The summed E-state index contributed by atoms with van der Waals surface area (Å²) in [5.74, 6) is 0. The van der Waals surface area contributed by atoms with E-state index in [1.54, 1.807) is 0 Å². The third-order valence-electron chi connectivity index (χ3n) is 2.13. The maximum Gasteiger partial charge on any atom is 0.0705 e. The molecule has 0 aliphatic carbocycles. The minimum absolute atomic E-state index is 0.894. The number of aromatic nitrogens is 1. The molecule has 2 heteroatoms. The largest absolute Gasteiger partial charge is 0.304 e. The van der Waals surface area contributed by atoms with E-state index in [2.05, 4.69) is 48.2 Å². The van der Waals surface area contributed by atoms with Crippen molar-refractivity contribution < 1.29 is 0 Å². The predicted octanol–water partition coefficient (Wildman–Crippen LogP) is 2.30. The molecule has 0 saturated carbocycles. The Labute approximate surface area is 84.2 Å². The lowest BCUT2D eigenvalue weighted by molar-refractivity contribution is 0.397. The fraction of sp³-hybridized carbons (Fsp3) is 0.250. The van der Waals surface area contributed by atoms with Crippen molar-refractivity contribution in [3.8, 4) is 0 Å². The lowest BCUT2D eigenvalue weighted by Crippen LogP contribution is -2.11. The lowest BCUT2D eigenvalue weighted by atomic mass is 10.2. The number of rotatable bonds is 2. The highest BCUT2D eigenvalue weighted by molar-refractivity contribution is 5.78. The highest BCUT2D eigenvalue weighted by Gasteiger charge is 1.98. The molecule has 72 valence electrons. The van der Waals surface area contributed by atoms with Crippen LogP contribution >= 0.6 is 0 Å². The average Bonchev–Trinajstić information content (AvgIpc) is 2.17. The van der Waals surface area contributed by atoms with Gasteiger partial charge in [0.15, 0.2) is 0 Å². The van der Waals surface area contributed by atoms with Gasteiger partial charge in [0.1, 0.15) is 0 Å². The standard InChI is InChI=1S/C12H14N2/c1-14(2)9-11-8-7-10-5-3-4-6-12(10)13-11/h3-8H,9H2,1-2H3. The first-order chi connectivity index (χ1) is 6.75. The molecule has 0 amide bonds. The van der Waals surface area contributed by atoms with Crippen LogP contribution in [0.2, 0.25) is 0 Å². The van der Waals surface area contributed by atoms with E-state index in [0.717, 1.165) is 17.8 Å². The van der Waals surface area contributed by atoms with E-state index in [0.29, 0.717) is 0 Å². The quantitative estimate of drug-likeness (QED) is 0.715. The molecular formula is C12H14N2. The molecule has 0 bridgehead atoms. The van der Waals surface area contributed by atoms with E-state index >= 15 is 0 Å². The van der Waals surface area contributed by atoms with Gasteiger partial charge in [-0.15, -0.1) is 0 Å². The van der Waals surface area contributed by atoms with Crippen LogP contribution in [0.1, 0.15) is 5.69 Å². The van der Waals surface area contributed by atoms with Crippen LogP contribution in [-0.4, -0.2) is 24.0 Å². The number of para-hydroxylation sites is 1. The molecule has 2 nitrogen and oxygen atoms in total. The Morgan fingerprint density at radius 3 is 2.64 bits per heavy atom. The maximum absolute atomic E-state index is 4.57. The van der Waals surface area contributed by atoms with Crippen LogP contribution < -0.4 is 0 Å². The zero-order valence-corrected chi connectivity index (χ0v) is 8.57. The molecule has 0 spiro atoms. The summed E-state index contributed by atoms with van der Waals surface area (Å²) in [4.78, 5) is 6.70. The van der Waals surface area contributed by atoms with E-state index in [4.69, 9.17) is 0 Å². The molecule has 0 N–H and O–H groups in total. The number of benzene rings is 1. The van der Waals surface area contributed by atoms with Crippen LogP contribution in [-0.2, 0) is 6.54 Å². The zero-order valence-electron chi connectivity index (χ0n) is 8.57. The molecule has 0 atom stereocenters. The second kappa shape index (κ2) is 3.76. The maximum atomic E-state index is 4.57. The van der Waals surface area contributed by atoms with Gasteiger partial charge in [-0.1, -0.05) is 24.3 Å². The monoisotopic (exact) mass is 186 g/mol. The minimum Gasteiger partial charge on any atom is -0.304 e. The summed E-state index contributed by atoms with van der Waals surface area (Å²) in [5, 5.41) is 1.20. The summed E-state index contributed by atoms with van der Waals surface area (Å²) < 4.78 is 0. The Morgan fingerprint density at radius 2 is 1.86 bits per heavy atom. The van der Waals surface area contributed by atoms with Crippen LogP contribution in [0, 0.1) is 0 Å². The Balaban J connectivity index is 2.41. The molecular weight excluding hydrogens is 172 g/mol. The van der Waals surface area contributed by atoms with Gasteiger partial charge in [-0.3, -0.25) is 4.98 Å². The van der Waals surface area contributed by atoms with Crippen LogP contribution in [0.25, 0.3) is 10.9 Å². The number of hydrogen-bond acceptors (Lipinski definition) is 2. The summed E-state index contributed by atoms with van der Waals surface area (Å²) in [6.45, 7) is 0.894. The molecule has 0 saturated heterocycles. The molecule has 0 aliphatic rings. The molecule has 0 aliphatic heterocycles. The predicted molar refractivity (Wildman–Crippen MR) is 59.1 cm³/mol. The highest BCUT2D eigenvalue weighted by atomic mass is 15.1. The van der Waals surface area contributed by atoms with Gasteiger partial charge >= 0.3 is 0 Å². The SMILES string of the molecule is CN(C)Cc1ccc2ccccc2n1. The Kier molecular flexibility index (Phi) is 2.46. The van der Waals surface area contributed by atoms with Gasteiger partial charge in [-0.25, -0.2) is 0 Å². The van der Waals surface area contributed by atoms with Crippen LogP contribution in [0.3, 0.4) is 0 Å². The first kappa shape index (κ1) is 9.16. The van der Waals surface area contributed by atoms with Crippen LogP contribution in [0.15, 0.2) is 36.4 Å². The van der Waals surface area contributed by atoms with E-state index in [1.165, 1.54) is 5.39 Å². The van der Waals surface area contributed by atoms with Crippen molar-refractivity contribution in [2.75, 3.05) is 14.1 Å². The van der Waals surface area contributed by atoms with Crippen molar-refractivity contribution in [1.29, 1.82) is 0 Å². The Morgan fingerprint density at radius 1 is 1.07 bits per heavy atom. The van der Waals surface area contributed by atoms with Crippen molar-refractivity contribution >= 4 is 10.9 Å². The third kappa shape index (κ3) is 1.91. The van der Waals surface area contributed by atoms with E-state index in [-0.39, 0.29) is 0 Å². The van der Waals surface area contributed by atoms with Gasteiger partial charge in [0.25, 0.3) is 0 Å². The second-order valence-electron chi connectivity index (χ2n) is 3.73. The minimum atomic E-state index is 0.894. The van der Waals surface area contributed by atoms with Crippen molar-refractivity contribution in [3.63, 3.8) is 0 Å². The summed E-state index contributed by atoms with van der Waals surface area (Å²) in [6, 6.07) is 12.4. The molecule has 1 aromatic heterocycles. The van der Waals surface area contributed by atoms with Gasteiger partial charge in [0.2, 0.25) is 0 Å². The zero-order chi connectivity index (χ0) is 9.97. The van der Waals surface area contributed by atoms with Gasteiger partial charge in [0, 0.05) is 11.9 Å². The average molecular weight is 186 g/mol. The molecule has 0 radical (unpaired) electrons. The van der Waals surface area contributed by atoms with Crippen molar-refractivity contribution in [3.05, 3.63) is 42.1 Å². The molecule has 14 heavy (non-hydrogen) atoms. The van der Waals surface area contributed by atoms with E-state index in [9.17, 15) is 0 Å². The highest BCUT2D eigenvalue weighted by Crippen LogP contribution is 2.12. The van der Waals surface area contributed by atoms with Crippen molar-refractivity contribution in [2.24, 2.45) is 0 Å².